The average molecular weight is 238 g/mol. The van der Waals surface area contributed by atoms with Crippen molar-refractivity contribution in [3.8, 4) is 0 Å². The zero-order valence-corrected chi connectivity index (χ0v) is 11.2. The van der Waals surface area contributed by atoms with Crippen LogP contribution in [-0.2, 0) is 0 Å². The molecule has 3 heteroatoms. The summed E-state index contributed by atoms with van der Waals surface area (Å²) < 4.78 is 12.8. The number of rotatable bonds is 6. The third kappa shape index (κ3) is 4.08. The molecule has 0 spiro atoms. The van der Waals surface area contributed by atoms with Gasteiger partial charge in [-0.3, -0.25) is 4.98 Å². The number of halogens is 1. The predicted molar refractivity (Wildman–Crippen MR) is 69.3 cm³/mol. The highest BCUT2D eigenvalue weighted by Gasteiger charge is 2.16. The Bertz CT molecular complexity index is 323. The molecule has 0 bridgehead atoms. The largest absolute Gasteiger partial charge is 0.306 e. The maximum absolute atomic E-state index is 12.8. The lowest BCUT2D eigenvalue weighted by Gasteiger charge is -2.25. The van der Waals surface area contributed by atoms with Crippen molar-refractivity contribution >= 4 is 0 Å². The fourth-order valence-electron chi connectivity index (χ4n) is 1.84. The van der Waals surface area contributed by atoms with E-state index in [0.29, 0.717) is 12.0 Å². The summed E-state index contributed by atoms with van der Waals surface area (Å²) in [4.78, 5) is 4.15. The van der Waals surface area contributed by atoms with Crippen LogP contribution in [0.4, 0.5) is 4.39 Å². The van der Waals surface area contributed by atoms with E-state index in [1.165, 1.54) is 12.3 Å². The highest BCUT2D eigenvalue weighted by molar-refractivity contribution is 5.10. The fourth-order valence-corrected chi connectivity index (χ4v) is 1.84. The fraction of sp³-hybridized carbons (Fsp3) is 0.643. The summed E-state index contributed by atoms with van der Waals surface area (Å²) in [7, 11) is 0. The maximum Gasteiger partial charge on any atom is 0.141 e. The van der Waals surface area contributed by atoms with Crippen molar-refractivity contribution in [2.45, 2.75) is 52.6 Å². The van der Waals surface area contributed by atoms with Crippen molar-refractivity contribution in [1.29, 1.82) is 0 Å². The lowest BCUT2D eigenvalue weighted by Crippen LogP contribution is -2.35. The molecule has 0 saturated heterocycles. The Kier molecular flexibility index (Phi) is 5.56. The molecule has 0 aliphatic heterocycles. The first-order chi connectivity index (χ1) is 8.08. The van der Waals surface area contributed by atoms with Crippen LogP contribution in [0.1, 0.15) is 52.3 Å². The van der Waals surface area contributed by atoms with E-state index in [2.05, 4.69) is 38.0 Å². The van der Waals surface area contributed by atoms with Gasteiger partial charge in [0.15, 0.2) is 0 Å². The molecular weight excluding hydrogens is 215 g/mol. The molecule has 3 unspecified atom stereocenters. The highest BCUT2D eigenvalue weighted by atomic mass is 19.1. The third-order valence-electron chi connectivity index (χ3n) is 3.48. The monoisotopic (exact) mass is 238 g/mol. The van der Waals surface area contributed by atoms with Gasteiger partial charge in [0.1, 0.15) is 5.82 Å². The van der Waals surface area contributed by atoms with Gasteiger partial charge < -0.3 is 5.32 Å². The quantitative estimate of drug-likeness (QED) is 0.817. The Morgan fingerprint density at radius 1 is 1.24 bits per heavy atom. The summed E-state index contributed by atoms with van der Waals surface area (Å²) in [6.07, 6.45) is 3.40. The van der Waals surface area contributed by atoms with Gasteiger partial charge in [-0.25, -0.2) is 4.39 Å². The van der Waals surface area contributed by atoms with Gasteiger partial charge in [-0.2, -0.15) is 0 Å². The molecule has 17 heavy (non-hydrogen) atoms. The zero-order chi connectivity index (χ0) is 12.8. The second-order valence-corrected chi connectivity index (χ2v) is 4.70. The van der Waals surface area contributed by atoms with Crippen LogP contribution in [0.15, 0.2) is 18.3 Å². The van der Waals surface area contributed by atoms with Crippen molar-refractivity contribution < 1.29 is 4.39 Å². The average Bonchev–Trinajstić information content (AvgIpc) is 2.35. The standard InChI is InChI=1S/C14H23FN2/c1-5-10(3)11(4)17-13(6-2)14-8-7-12(15)9-16-14/h7-11,13,17H,5-6H2,1-4H3. The van der Waals surface area contributed by atoms with E-state index in [9.17, 15) is 4.39 Å². The summed E-state index contributed by atoms with van der Waals surface area (Å²) in [5, 5.41) is 3.57. The van der Waals surface area contributed by atoms with Crippen LogP contribution in [0.5, 0.6) is 0 Å². The number of pyridine rings is 1. The minimum atomic E-state index is -0.279. The minimum absolute atomic E-state index is 0.208. The van der Waals surface area contributed by atoms with E-state index in [0.717, 1.165) is 18.5 Å². The van der Waals surface area contributed by atoms with Crippen molar-refractivity contribution in [2.75, 3.05) is 0 Å². The van der Waals surface area contributed by atoms with Crippen LogP contribution in [-0.4, -0.2) is 11.0 Å². The van der Waals surface area contributed by atoms with Crippen LogP contribution in [0.3, 0.4) is 0 Å². The number of aromatic nitrogens is 1. The molecule has 1 rings (SSSR count). The van der Waals surface area contributed by atoms with Crippen molar-refractivity contribution in [1.82, 2.24) is 10.3 Å². The molecule has 0 aliphatic carbocycles. The van der Waals surface area contributed by atoms with Gasteiger partial charge in [-0.05, 0) is 31.4 Å². The van der Waals surface area contributed by atoms with E-state index in [4.69, 9.17) is 0 Å². The van der Waals surface area contributed by atoms with Gasteiger partial charge in [0.2, 0.25) is 0 Å². The van der Waals surface area contributed by atoms with Crippen LogP contribution >= 0.6 is 0 Å². The van der Waals surface area contributed by atoms with Gasteiger partial charge in [-0.1, -0.05) is 27.2 Å². The van der Waals surface area contributed by atoms with Crippen molar-refractivity contribution in [3.05, 3.63) is 29.8 Å². The van der Waals surface area contributed by atoms with Crippen LogP contribution in [0.25, 0.3) is 0 Å². The van der Waals surface area contributed by atoms with Gasteiger partial charge in [0.25, 0.3) is 0 Å². The molecule has 1 heterocycles. The van der Waals surface area contributed by atoms with Crippen molar-refractivity contribution in [2.24, 2.45) is 5.92 Å². The Morgan fingerprint density at radius 2 is 1.94 bits per heavy atom. The first kappa shape index (κ1) is 14.1. The van der Waals surface area contributed by atoms with Gasteiger partial charge in [0, 0.05) is 12.1 Å². The molecule has 1 aromatic rings. The summed E-state index contributed by atoms with van der Waals surface area (Å²) >= 11 is 0. The molecule has 0 saturated carbocycles. The molecule has 1 N–H and O–H groups in total. The zero-order valence-electron chi connectivity index (χ0n) is 11.2. The number of hydrogen-bond acceptors (Lipinski definition) is 2. The maximum atomic E-state index is 12.8. The van der Waals surface area contributed by atoms with Gasteiger partial charge >= 0.3 is 0 Å². The van der Waals surface area contributed by atoms with Crippen LogP contribution in [0.2, 0.25) is 0 Å². The normalized spacial score (nSPS) is 16.5. The molecule has 0 amide bonds. The Hall–Kier alpha value is -0.960. The highest BCUT2D eigenvalue weighted by Crippen LogP contribution is 2.18. The second-order valence-electron chi connectivity index (χ2n) is 4.70. The third-order valence-corrected chi connectivity index (χ3v) is 3.48. The van der Waals surface area contributed by atoms with E-state index in [1.54, 1.807) is 6.07 Å². The number of nitrogens with one attached hydrogen (secondary N) is 1. The summed E-state index contributed by atoms with van der Waals surface area (Å²) in [6.45, 7) is 8.74. The molecule has 3 atom stereocenters. The predicted octanol–water partition coefficient (Wildman–Crippen LogP) is 3.70. The SMILES string of the molecule is CCC(NC(C)C(C)CC)c1ccc(F)cn1. The Morgan fingerprint density at radius 3 is 2.41 bits per heavy atom. The van der Waals surface area contributed by atoms with Crippen LogP contribution in [0, 0.1) is 11.7 Å². The summed E-state index contributed by atoms with van der Waals surface area (Å²) in [6, 6.07) is 3.89. The first-order valence-electron chi connectivity index (χ1n) is 6.45. The molecule has 96 valence electrons. The molecule has 0 fully saturated rings. The Balaban J connectivity index is 2.68. The van der Waals surface area contributed by atoms with Gasteiger partial charge in [-0.15, -0.1) is 0 Å². The lowest BCUT2D eigenvalue weighted by atomic mass is 9.99. The molecule has 0 radical (unpaired) electrons. The minimum Gasteiger partial charge on any atom is -0.306 e. The van der Waals surface area contributed by atoms with E-state index < -0.39 is 0 Å². The van der Waals surface area contributed by atoms with Gasteiger partial charge in [0.05, 0.1) is 11.9 Å². The summed E-state index contributed by atoms with van der Waals surface area (Å²) in [5.74, 6) is 0.350. The topological polar surface area (TPSA) is 24.9 Å². The molecule has 2 nitrogen and oxygen atoms in total. The smallest absolute Gasteiger partial charge is 0.141 e. The molecule has 0 aromatic carbocycles. The van der Waals surface area contributed by atoms with E-state index in [1.807, 2.05) is 0 Å². The Labute approximate surface area is 104 Å². The molecular formula is C14H23FN2. The lowest BCUT2D eigenvalue weighted by molar-refractivity contribution is 0.342. The molecule has 1 aromatic heterocycles. The van der Waals surface area contributed by atoms with E-state index >= 15 is 0 Å². The molecule has 0 aliphatic rings. The van der Waals surface area contributed by atoms with E-state index in [-0.39, 0.29) is 11.9 Å². The van der Waals surface area contributed by atoms with Crippen LogP contribution < -0.4 is 5.32 Å². The number of nitrogens with zero attached hydrogens (tertiary/aromatic N) is 1. The number of hydrogen-bond donors (Lipinski definition) is 1. The van der Waals surface area contributed by atoms with Crippen molar-refractivity contribution in [3.63, 3.8) is 0 Å². The first-order valence-corrected chi connectivity index (χ1v) is 6.45. The summed E-state index contributed by atoms with van der Waals surface area (Å²) in [5.41, 5.74) is 0.920. The second kappa shape index (κ2) is 6.70.